The maximum absolute atomic E-state index is 12.6. The average Bonchev–Trinajstić information content (AvgIpc) is 3.04. The lowest BCUT2D eigenvalue weighted by Crippen LogP contribution is -2.27. The Balaban J connectivity index is 1.82. The molecule has 6 nitrogen and oxygen atoms in total. The first-order valence-electron chi connectivity index (χ1n) is 8.28. The number of benzene rings is 1. The topological polar surface area (TPSA) is 69.0 Å². The van der Waals surface area contributed by atoms with Gasteiger partial charge in [0.1, 0.15) is 5.75 Å². The monoisotopic (exact) mass is 338 g/mol. The number of pyridine rings is 1. The Morgan fingerprint density at radius 2 is 1.96 bits per heavy atom. The highest BCUT2D eigenvalue weighted by Crippen LogP contribution is 2.25. The quantitative estimate of drug-likeness (QED) is 0.773. The van der Waals surface area contributed by atoms with E-state index in [-0.39, 0.29) is 18.0 Å². The number of nitrogens with one attached hydrogen (secondary N) is 1. The number of carbonyl (C=O) groups is 1. The van der Waals surface area contributed by atoms with Gasteiger partial charge in [0.2, 0.25) is 0 Å². The summed E-state index contributed by atoms with van der Waals surface area (Å²) in [4.78, 5) is 17.0. The van der Waals surface area contributed by atoms with E-state index in [0.29, 0.717) is 5.56 Å². The first-order valence-corrected chi connectivity index (χ1v) is 8.28. The Morgan fingerprint density at radius 1 is 1.20 bits per heavy atom. The number of rotatable bonds is 5. The SMILES string of the molecule is COc1ccccc1[C@@H](C)NC(=O)c1cnc2c(cnn2C(C)C)c1. The number of para-hydroxylation sites is 1. The lowest BCUT2D eigenvalue weighted by atomic mass is 10.1. The normalized spacial score (nSPS) is 12.4. The number of fused-ring (bicyclic) bond motifs is 1. The van der Waals surface area contributed by atoms with Gasteiger partial charge in [0, 0.05) is 23.2 Å². The minimum Gasteiger partial charge on any atom is -0.496 e. The van der Waals surface area contributed by atoms with Crippen molar-refractivity contribution in [3.8, 4) is 5.75 Å². The van der Waals surface area contributed by atoms with Crippen LogP contribution in [-0.2, 0) is 0 Å². The minimum atomic E-state index is -0.183. The highest BCUT2D eigenvalue weighted by Gasteiger charge is 2.16. The van der Waals surface area contributed by atoms with Crippen molar-refractivity contribution in [1.29, 1.82) is 0 Å². The maximum Gasteiger partial charge on any atom is 0.253 e. The predicted molar refractivity (Wildman–Crippen MR) is 96.8 cm³/mol. The maximum atomic E-state index is 12.6. The minimum absolute atomic E-state index is 0.176. The standard InChI is InChI=1S/C19H22N4O2/c1-12(2)23-18-14(11-21-23)9-15(10-20-18)19(24)22-13(3)16-7-5-6-8-17(16)25-4/h5-13H,1-4H3,(H,22,24)/t13-/m1/s1. The van der Waals surface area contributed by atoms with Crippen LogP contribution < -0.4 is 10.1 Å². The van der Waals surface area contributed by atoms with Crippen molar-refractivity contribution >= 4 is 16.9 Å². The van der Waals surface area contributed by atoms with Gasteiger partial charge in [0.25, 0.3) is 5.91 Å². The molecule has 0 radical (unpaired) electrons. The molecule has 1 N–H and O–H groups in total. The second-order valence-electron chi connectivity index (χ2n) is 6.26. The van der Waals surface area contributed by atoms with E-state index in [2.05, 4.69) is 15.4 Å². The first-order chi connectivity index (χ1) is 12.0. The van der Waals surface area contributed by atoms with Crippen LogP contribution in [0.2, 0.25) is 0 Å². The third kappa shape index (κ3) is 3.33. The van der Waals surface area contributed by atoms with E-state index in [1.165, 1.54) is 0 Å². The van der Waals surface area contributed by atoms with Gasteiger partial charge in [-0.1, -0.05) is 18.2 Å². The van der Waals surface area contributed by atoms with Crippen LogP contribution in [0.1, 0.15) is 48.8 Å². The third-order valence-corrected chi connectivity index (χ3v) is 4.14. The van der Waals surface area contributed by atoms with Crippen molar-refractivity contribution in [3.05, 3.63) is 53.9 Å². The summed E-state index contributed by atoms with van der Waals surface area (Å²) in [6.45, 7) is 6.02. The first kappa shape index (κ1) is 17.0. The zero-order chi connectivity index (χ0) is 18.0. The summed E-state index contributed by atoms with van der Waals surface area (Å²) in [6, 6.07) is 9.51. The van der Waals surface area contributed by atoms with E-state index in [1.54, 1.807) is 19.5 Å². The van der Waals surface area contributed by atoms with Crippen molar-refractivity contribution in [3.63, 3.8) is 0 Å². The van der Waals surface area contributed by atoms with Gasteiger partial charge in [-0.05, 0) is 32.9 Å². The molecule has 0 aliphatic carbocycles. The van der Waals surface area contributed by atoms with E-state index < -0.39 is 0 Å². The Labute approximate surface area is 146 Å². The molecular weight excluding hydrogens is 316 g/mol. The van der Waals surface area contributed by atoms with Gasteiger partial charge >= 0.3 is 0 Å². The molecule has 0 fully saturated rings. The van der Waals surface area contributed by atoms with Crippen LogP contribution in [0.15, 0.2) is 42.7 Å². The van der Waals surface area contributed by atoms with Crippen LogP contribution in [0.25, 0.3) is 11.0 Å². The number of hydrogen-bond donors (Lipinski definition) is 1. The van der Waals surface area contributed by atoms with E-state index >= 15 is 0 Å². The van der Waals surface area contributed by atoms with Crippen LogP contribution in [0, 0.1) is 0 Å². The summed E-state index contributed by atoms with van der Waals surface area (Å²) < 4.78 is 7.20. The lowest BCUT2D eigenvalue weighted by molar-refractivity contribution is 0.0939. The number of hydrogen-bond acceptors (Lipinski definition) is 4. The van der Waals surface area contributed by atoms with Gasteiger partial charge in [-0.25, -0.2) is 9.67 Å². The largest absolute Gasteiger partial charge is 0.496 e. The Kier molecular flexibility index (Phi) is 4.70. The van der Waals surface area contributed by atoms with E-state index in [9.17, 15) is 4.79 Å². The number of carbonyl (C=O) groups excluding carboxylic acids is 1. The molecule has 0 saturated carbocycles. The zero-order valence-electron chi connectivity index (χ0n) is 14.9. The summed E-state index contributed by atoms with van der Waals surface area (Å²) in [7, 11) is 1.62. The van der Waals surface area contributed by atoms with Crippen molar-refractivity contribution in [1.82, 2.24) is 20.1 Å². The van der Waals surface area contributed by atoms with E-state index in [4.69, 9.17) is 4.74 Å². The molecule has 0 bridgehead atoms. The van der Waals surface area contributed by atoms with Crippen molar-refractivity contribution < 1.29 is 9.53 Å². The number of aromatic nitrogens is 3. The molecule has 1 atom stereocenters. The summed E-state index contributed by atoms with van der Waals surface area (Å²) in [6.07, 6.45) is 3.33. The molecule has 1 amide bonds. The van der Waals surface area contributed by atoms with Gasteiger partial charge in [-0.3, -0.25) is 4.79 Å². The second-order valence-corrected chi connectivity index (χ2v) is 6.26. The molecule has 0 spiro atoms. The molecule has 2 heterocycles. The molecule has 0 aliphatic rings. The molecule has 25 heavy (non-hydrogen) atoms. The molecule has 0 saturated heterocycles. The van der Waals surface area contributed by atoms with Gasteiger partial charge in [0.05, 0.1) is 24.9 Å². The fourth-order valence-electron chi connectivity index (χ4n) is 2.82. The molecule has 3 rings (SSSR count). The summed E-state index contributed by atoms with van der Waals surface area (Å²) >= 11 is 0. The molecule has 6 heteroatoms. The highest BCUT2D eigenvalue weighted by molar-refractivity contribution is 5.97. The number of amides is 1. The van der Waals surface area contributed by atoms with Crippen LogP contribution in [0.5, 0.6) is 5.75 Å². The van der Waals surface area contributed by atoms with Gasteiger partial charge in [-0.2, -0.15) is 5.10 Å². The third-order valence-electron chi connectivity index (χ3n) is 4.14. The summed E-state index contributed by atoms with van der Waals surface area (Å²) in [5.41, 5.74) is 2.22. The summed E-state index contributed by atoms with van der Waals surface area (Å²) in [5.74, 6) is 0.576. The van der Waals surface area contributed by atoms with Crippen LogP contribution in [0.3, 0.4) is 0 Å². The Morgan fingerprint density at radius 3 is 2.68 bits per heavy atom. The van der Waals surface area contributed by atoms with Crippen LogP contribution in [0.4, 0.5) is 0 Å². The Hall–Kier alpha value is -2.89. The van der Waals surface area contributed by atoms with Crippen LogP contribution >= 0.6 is 0 Å². The molecule has 0 unspecified atom stereocenters. The summed E-state index contributed by atoms with van der Waals surface area (Å²) in [5, 5.41) is 8.18. The molecule has 1 aromatic carbocycles. The van der Waals surface area contributed by atoms with Crippen LogP contribution in [-0.4, -0.2) is 27.8 Å². The second kappa shape index (κ2) is 6.93. The fraction of sp³-hybridized carbons (Fsp3) is 0.316. The van der Waals surface area contributed by atoms with E-state index in [1.807, 2.05) is 55.8 Å². The molecule has 0 aliphatic heterocycles. The molecule has 130 valence electrons. The van der Waals surface area contributed by atoms with Gasteiger partial charge in [0.15, 0.2) is 5.65 Å². The fourth-order valence-corrected chi connectivity index (χ4v) is 2.82. The predicted octanol–water partition coefficient (Wildman–Crippen LogP) is 3.51. The number of ether oxygens (including phenoxy) is 1. The van der Waals surface area contributed by atoms with E-state index in [0.717, 1.165) is 22.3 Å². The number of nitrogens with zero attached hydrogens (tertiary/aromatic N) is 3. The highest BCUT2D eigenvalue weighted by atomic mass is 16.5. The average molecular weight is 338 g/mol. The Bertz CT molecular complexity index is 901. The zero-order valence-corrected chi connectivity index (χ0v) is 14.9. The van der Waals surface area contributed by atoms with Crippen molar-refractivity contribution in [2.45, 2.75) is 32.9 Å². The lowest BCUT2D eigenvalue weighted by Gasteiger charge is -2.17. The van der Waals surface area contributed by atoms with Crippen molar-refractivity contribution in [2.24, 2.45) is 0 Å². The number of methoxy groups -OCH3 is 1. The van der Waals surface area contributed by atoms with Gasteiger partial charge in [-0.15, -0.1) is 0 Å². The molecule has 3 aromatic rings. The van der Waals surface area contributed by atoms with Crippen molar-refractivity contribution in [2.75, 3.05) is 7.11 Å². The molecular formula is C19H22N4O2. The smallest absolute Gasteiger partial charge is 0.253 e. The van der Waals surface area contributed by atoms with Gasteiger partial charge < -0.3 is 10.1 Å². The molecule has 2 aromatic heterocycles.